The Kier molecular flexibility index (Phi) is 5.54. The molecule has 0 aliphatic heterocycles. The summed E-state index contributed by atoms with van der Waals surface area (Å²) in [5, 5.41) is 13.7. The average molecular weight is 416 g/mol. The lowest BCUT2D eigenvalue weighted by Gasteiger charge is -2.15. The van der Waals surface area contributed by atoms with Gasteiger partial charge in [-0.15, -0.1) is 0 Å². The first kappa shape index (κ1) is 20.3. The second-order valence-electron chi connectivity index (χ2n) is 7.37. The molecule has 1 amide bonds. The average Bonchev–Trinajstić information content (AvgIpc) is 3.08. The van der Waals surface area contributed by atoms with E-state index in [4.69, 9.17) is 9.47 Å². The Hall–Kier alpha value is -3.93. The smallest absolute Gasteiger partial charge is 0.276 e. The molecule has 6 heteroatoms. The van der Waals surface area contributed by atoms with Crippen LogP contribution in [0.2, 0.25) is 0 Å². The maximum atomic E-state index is 13.5. The number of nitrogens with zero attached hydrogens (tertiary/aromatic N) is 1. The number of para-hydroxylation sites is 3. The largest absolute Gasteiger partial charge is 0.506 e. The Morgan fingerprint density at radius 1 is 1.00 bits per heavy atom. The molecule has 0 spiro atoms. The van der Waals surface area contributed by atoms with Crippen molar-refractivity contribution in [3.63, 3.8) is 0 Å². The van der Waals surface area contributed by atoms with Gasteiger partial charge in [-0.2, -0.15) is 0 Å². The summed E-state index contributed by atoms with van der Waals surface area (Å²) in [4.78, 5) is 13.5. The van der Waals surface area contributed by atoms with Crippen LogP contribution in [0, 0.1) is 0 Å². The summed E-state index contributed by atoms with van der Waals surface area (Å²) in [5.74, 6) is 0.724. The molecule has 4 aromatic rings. The number of benzene rings is 3. The van der Waals surface area contributed by atoms with E-state index in [0.29, 0.717) is 22.9 Å². The lowest BCUT2D eigenvalue weighted by atomic mass is 10.2. The number of rotatable bonds is 6. The van der Waals surface area contributed by atoms with Gasteiger partial charge < -0.3 is 24.5 Å². The van der Waals surface area contributed by atoms with Gasteiger partial charge >= 0.3 is 0 Å². The molecule has 0 bridgehead atoms. The molecule has 0 aliphatic rings. The molecule has 1 heterocycles. The monoisotopic (exact) mass is 416 g/mol. The Labute approximate surface area is 180 Å². The lowest BCUT2D eigenvalue weighted by molar-refractivity contribution is 0.101. The number of phenols is 1. The predicted molar refractivity (Wildman–Crippen MR) is 122 cm³/mol. The third-order valence-electron chi connectivity index (χ3n) is 4.86. The van der Waals surface area contributed by atoms with Gasteiger partial charge in [0.2, 0.25) is 0 Å². The number of carbonyl (C=O) groups is 1. The minimum atomic E-state index is -0.392. The van der Waals surface area contributed by atoms with E-state index in [1.54, 1.807) is 25.3 Å². The van der Waals surface area contributed by atoms with Crippen molar-refractivity contribution in [1.82, 2.24) is 4.57 Å². The minimum Gasteiger partial charge on any atom is -0.506 e. The highest BCUT2D eigenvalue weighted by Crippen LogP contribution is 2.39. The third kappa shape index (κ3) is 3.92. The molecule has 0 radical (unpaired) electrons. The molecule has 3 aromatic carbocycles. The number of hydrogen-bond donors (Lipinski definition) is 2. The number of aromatic nitrogens is 1. The number of phenolic OH excluding ortho intramolecular Hbond substituents is 1. The van der Waals surface area contributed by atoms with Gasteiger partial charge in [0.05, 0.1) is 24.4 Å². The van der Waals surface area contributed by atoms with E-state index in [0.717, 1.165) is 16.6 Å². The van der Waals surface area contributed by atoms with Crippen molar-refractivity contribution in [2.24, 2.45) is 0 Å². The summed E-state index contributed by atoms with van der Waals surface area (Å²) < 4.78 is 13.4. The van der Waals surface area contributed by atoms with Crippen molar-refractivity contribution in [2.45, 2.75) is 20.0 Å². The van der Waals surface area contributed by atoms with Gasteiger partial charge in [0.25, 0.3) is 5.91 Å². The normalized spacial score (nSPS) is 11.0. The zero-order valence-corrected chi connectivity index (χ0v) is 17.6. The van der Waals surface area contributed by atoms with Crippen LogP contribution in [0.1, 0.15) is 24.3 Å². The van der Waals surface area contributed by atoms with Gasteiger partial charge in [0.15, 0.2) is 11.4 Å². The Morgan fingerprint density at radius 2 is 1.71 bits per heavy atom. The number of aromatic hydroxyl groups is 1. The second-order valence-corrected chi connectivity index (χ2v) is 7.37. The van der Waals surface area contributed by atoms with Crippen LogP contribution in [0.4, 0.5) is 5.69 Å². The van der Waals surface area contributed by atoms with Crippen LogP contribution in [-0.2, 0) is 0 Å². The summed E-state index contributed by atoms with van der Waals surface area (Å²) >= 11 is 0. The van der Waals surface area contributed by atoms with Crippen molar-refractivity contribution in [1.29, 1.82) is 0 Å². The molecule has 4 rings (SSSR count). The number of methoxy groups -OCH3 is 1. The highest BCUT2D eigenvalue weighted by Gasteiger charge is 2.27. The number of fused-ring (bicyclic) bond motifs is 1. The fraction of sp³-hybridized carbons (Fsp3) is 0.160. The molecule has 31 heavy (non-hydrogen) atoms. The molecule has 0 fully saturated rings. The van der Waals surface area contributed by atoms with Crippen molar-refractivity contribution in [3.8, 4) is 22.9 Å². The molecular formula is C25H24N2O4. The quantitative estimate of drug-likeness (QED) is 0.414. The Bertz CT molecular complexity index is 1230. The van der Waals surface area contributed by atoms with Crippen molar-refractivity contribution in [3.05, 3.63) is 78.5 Å². The standard InChI is InChI=1S/C25H24N2O4/c1-16(2)31-24-19-15-18(30-3)13-14-21(19)27(17-9-5-4-6-10-17)23(24)25(29)26-20-11-7-8-12-22(20)28/h4-16,28H,1-3H3,(H,26,29). The highest BCUT2D eigenvalue weighted by molar-refractivity contribution is 6.11. The second kappa shape index (κ2) is 8.44. The molecule has 2 N–H and O–H groups in total. The number of ether oxygens (including phenoxy) is 2. The minimum absolute atomic E-state index is 0.00813. The van der Waals surface area contributed by atoms with Gasteiger partial charge in [-0.1, -0.05) is 30.3 Å². The fourth-order valence-corrected chi connectivity index (χ4v) is 3.53. The molecule has 0 saturated carbocycles. The van der Waals surface area contributed by atoms with E-state index in [1.165, 1.54) is 6.07 Å². The van der Waals surface area contributed by atoms with Gasteiger partial charge in [-0.25, -0.2) is 0 Å². The first-order chi connectivity index (χ1) is 15.0. The zero-order chi connectivity index (χ0) is 22.0. The molecule has 0 saturated heterocycles. The molecule has 0 atom stereocenters. The number of anilines is 1. The van der Waals surface area contributed by atoms with E-state index in [1.807, 2.05) is 66.9 Å². The molecule has 0 unspecified atom stereocenters. The van der Waals surface area contributed by atoms with Crippen molar-refractivity contribution in [2.75, 3.05) is 12.4 Å². The van der Waals surface area contributed by atoms with Gasteiger partial charge in [0.1, 0.15) is 11.5 Å². The van der Waals surface area contributed by atoms with Crippen LogP contribution in [0.5, 0.6) is 17.2 Å². The first-order valence-corrected chi connectivity index (χ1v) is 10.0. The van der Waals surface area contributed by atoms with Crippen molar-refractivity contribution < 1.29 is 19.4 Å². The van der Waals surface area contributed by atoms with Crippen LogP contribution in [0.25, 0.3) is 16.6 Å². The number of amides is 1. The SMILES string of the molecule is COc1ccc2c(c1)c(OC(C)C)c(C(=O)Nc1ccccc1O)n2-c1ccccc1. The van der Waals surface area contributed by atoms with E-state index >= 15 is 0 Å². The number of carbonyl (C=O) groups excluding carboxylic acids is 1. The van der Waals surface area contributed by atoms with Crippen LogP contribution in [-0.4, -0.2) is 28.8 Å². The zero-order valence-electron chi connectivity index (χ0n) is 17.6. The Balaban J connectivity index is 1.98. The molecule has 158 valence electrons. The van der Waals surface area contributed by atoms with E-state index in [-0.39, 0.29) is 11.9 Å². The number of hydrogen-bond acceptors (Lipinski definition) is 4. The van der Waals surface area contributed by atoms with Crippen LogP contribution < -0.4 is 14.8 Å². The summed E-state index contributed by atoms with van der Waals surface area (Å²) in [7, 11) is 1.60. The van der Waals surface area contributed by atoms with E-state index in [9.17, 15) is 9.90 Å². The molecule has 6 nitrogen and oxygen atoms in total. The Morgan fingerprint density at radius 3 is 2.39 bits per heavy atom. The van der Waals surface area contributed by atoms with E-state index in [2.05, 4.69) is 5.32 Å². The maximum Gasteiger partial charge on any atom is 0.276 e. The molecular weight excluding hydrogens is 392 g/mol. The summed E-state index contributed by atoms with van der Waals surface area (Å²) in [6, 6.07) is 21.9. The molecule has 1 aromatic heterocycles. The summed E-state index contributed by atoms with van der Waals surface area (Å²) in [6.07, 6.45) is -0.155. The highest BCUT2D eigenvalue weighted by atomic mass is 16.5. The fourth-order valence-electron chi connectivity index (χ4n) is 3.53. The van der Waals surface area contributed by atoms with Crippen molar-refractivity contribution >= 4 is 22.5 Å². The topological polar surface area (TPSA) is 72.7 Å². The van der Waals surface area contributed by atoms with Crippen LogP contribution in [0.15, 0.2) is 72.8 Å². The van der Waals surface area contributed by atoms with Crippen LogP contribution in [0.3, 0.4) is 0 Å². The predicted octanol–water partition coefficient (Wildman–Crippen LogP) is 5.38. The van der Waals surface area contributed by atoms with E-state index < -0.39 is 5.91 Å². The van der Waals surface area contributed by atoms with Gasteiger partial charge in [0, 0.05) is 11.1 Å². The summed E-state index contributed by atoms with van der Waals surface area (Å²) in [5.41, 5.74) is 2.29. The molecule has 0 aliphatic carbocycles. The summed E-state index contributed by atoms with van der Waals surface area (Å²) in [6.45, 7) is 3.83. The van der Waals surface area contributed by atoms with Gasteiger partial charge in [-0.3, -0.25) is 4.79 Å². The third-order valence-corrected chi connectivity index (χ3v) is 4.86. The number of nitrogens with one attached hydrogen (secondary N) is 1. The first-order valence-electron chi connectivity index (χ1n) is 10.0. The van der Waals surface area contributed by atoms with Gasteiger partial charge in [-0.05, 0) is 56.3 Å². The lowest BCUT2D eigenvalue weighted by Crippen LogP contribution is -2.19. The van der Waals surface area contributed by atoms with Crippen LogP contribution >= 0.6 is 0 Å². The maximum absolute atomic E-state index is 13.5.